The number of guanidine groups is 1. The van der Waals surface area contributed by atoms with E-state index >= 15 is 0 Å². The fourth-order valence-corrected chi connectivity index (χ4v) is 2.77. The van der Waals surface area contributed by atoms with Crippen LogP contribution in [0.3, 0.4) is 0 Å². The number of rotatable bonds is 7. The molecule has 0 fully saturated rings. The van der Waals surface area contributed by atoms with Crippen molar-refractivity contribution in [2.75, 3.05) is 20.2 Å². The zero-order chi connectivity index (χ0) is 21.4. The normalized spacial score (nSPS) is 13.1. The second-order valence-electron chi connectivity index (χ2n) is 6.51. The third kappa shape index (κ3) is 6.58. The third-order valence-electron chi connectivity index (χ3n) is 4.33. The van der Waals surface area contributed by atoms with Crippen molar-refractivity contribution >= 4 is 5.96 Å². The number of halogens is 3. The van der Waals surface area contributed by atoms with Gasteiger partial charge in [0.05, 0.1) is 18.7 Å². The molecule has 29 heavy (non-hydrogen) atoms. The number of methoxy groups -OCH3 is 1. The summed E-state index contributed by atoms with van der Waals surface area (Å²) in [5.41, 5.74) is 0.797. The second kappa shape index (κ2) is 10.0. The molecule has 0 saturated carbocycles. The number of aliphatic imine (C=N–C) groups is 1. The highest BCUT2D eigenvalue weighted by Crippen LogP contribution is 2.30. The molecule has 3 N–H and O–H groups in total. The minimum absolute atomic E-state index is 0.0738. The van der Waals surface area contributed by atoms with E-state index in [0.717, 1.165) is 17.7 Å². The number of nitrogens with zero attached hydrogens (tertiary/aromatic N) is 1. The van der Waals surface area contributed by atoms with Gasteiger partial charge >= 0.3 is 6.18 Å². The summed E-state index contributed by atoms with van der Waals surface area (Å²) in [7, 11) is 1.49. The molecule has 8 heteroatoms. The Kier molecular flexibility index (Phi) is 7.75. The van der Waals surface area contributed by atoms with Crippen molar-refractivity contribution in [2.24, 2.45) is 4.99 Å². The summed E-state index contributed by atoms with van der Waals surface area (Å²) in [4.78, 5) is 4.49. The summed E-state index contributed by atoms with van der Waals surface area (Å²) in [5.74, 6) is 0.988. The number of nitrogens with one attached hydrogen (secondary N) is 2. The van der Waals surface area contributed by atoms with Gasteiger partial charge in [-0.15, -0.1) is 0 Å². The molecule has 2 aromatic rings. The van der Waals surface area contributed by atoms with E-state index in [9.17, 15) is 18.3 Å². The smallest absolute Gasteiger partial charge is 0.416 e. The molecule has 0 bridgehead atoms. The highest BCUT2D eigenvalue weighted by molar-refractivity contribution is 5.80. The van der Waals surface area contributed by atoms with Crippen LogP contribution in [0.5, 0.6) is 11.5 Å². The highest BCUT2D eigenvalue weighted by Gasteiger charge is 2.30. The topological polar surface area (TPSA) is 65.9 Å². The average Bonchev–Trinajstić information content (AvgIpc) is 2.68. The van der Waals surface area contributed by atoms with E-state index in [-0.39, 0.29) is 11.8 Å². The van der Waals surface area contributed by atoms with Crippen molar-refractivity contribution in [1.29, 1.82) is 0 Å². The van der Waals surface area contributed by atoms with Crippen LogP contribution in [0.4, 0.5) is 13.2 Å². The maximum Gasteiger partial charge on any atom is 0.416 e. The van der Waals surface area contributed by atoms with Gasteiger partial charge in [0.25, 0.3) is 0 Å². The Balaban J connectivity index is 2.05. The Morgan fingerprint density at radius 2 is 1.97 bits per heavy atom. The second-order valence-corrected chi connectivity index (χ2v) is 6.51. The standard InChI is InChI=1S/C21H26F3N3O2/c1-4-25-20(26-11-10-15-8-9-18(28)19(12-15)29-3)27-14(2)16-6-5-7-17(13-16)21(22,23)24/h5-9,12-14,28H,4,10-11H2,1-3H3,(H2,25,26,27). The summed E-state index contributed by atoms with van der Waals surface area (Å²) in [6.07, 6.45) is -3.76. The molecule has 0 spiro atoms. The quantitative estimate of drug-likeness (QED) is 0.472. The van der Waals surface area contributed by atoms with Crippen LogP contribution in [-0.4, -0.2) is 31.3 Å². The van der Waals surface area contributed by atoms with E-state index in [1.165, 1.54) is 13.2 Å². The first-order valence-corrected chi connectivity index (χ1v) is 9.32. The van der Waals surface area contributed by atoms with Crippen molar-refractivity contribution in [3.05, 3.63) is 59.2 Å². The van der Waals surface area contributed by atoms with Gasteiger partial charge in [0.15, 0.2) is 17.5 Å². The van der Waals surface area contributed by atoms with Crippen LogP contribution in [0, 0.1) is 0 Å². The number of alkyl halides is 3. The number of benzene rings is 2. The Labute approximate surface area is 168 Å². The summed E-state index contributed by atoms with van der Waals surface area (Å²) in [5, 5.41) is 15.9. The predicted molar refractivity (Wildman–Crippen MR) is 107 cm³/mol. The zero-order valence-electron chi connectivity index (χ0n) is 16.7. The van der Waals surface area contributed by atoms with Gasteiger partial charge in [-0.2, -0.15) is 13.2 Å². The van der Waals surface area contributed by atoms with Crippen LogP contribution >= 0.6 is 0 Å². The first-order chi connectivity index (χ1) is 13.7. The largest absolute Gasteiger partial charge is 0.504 e. The van der Waals surface area contributed by atoms with Gasteiger partial charge in [0, 0.05) is 13.1 Å². The molecule has 0 aliphatic heterocycles. The third-order valence-corrected chi connectivity index (χ3v) is 4.33. The van der Waals surface area contributed by atoms with Crippen molar-refractivity contribution < 1.29 is 23.0 Å². The molecular formula is C21H26F3N3O2. The van der Waals surface area contributed by atoms with Gasteiger partial charge in [0.1, 0.15) is 0 Å². The Morgan fingerprint density at radius 1 is 1.21 bits per heavy atom. The van der Waals surface area contributed by atoms with E-state index in [1.807, 2.05) is 6.92 Å². The molecule has 0 aliphatic rings. The molecule has 1 atom stereocenters. The molecule has 158 valence electrons. The van der Waals surface area contributed by atoms with Crippen molar-refractivity contribution in [2.45, 2.75) is 32.5 Å². The van der Waals surface area contributed by atoms with Crippen LogP contribution in [0.25, 0.3) is 0 Å². The van der Waals surface area contributed by atoms with Crippen molar-refractivity contribution in [3.8, 4) is 11.5 Å². The number of ether oxygens (including phenoxy) is 1. The Morgan fingerprint density at radius 3 is 2.62 bits per heavy atom. The zero-order valence-corrected chi connectivity index (χ0v) is 16.7. The minimum atomic E-state index is -4.38. The van der Waals surface area contributed by atoms with E-state index in [2.05, 4.69) is 15.6 Å². The van der Waals surface area contributed by atoms with Gasteiger partial charge < -0.3 is 20.5 Å². The molecule has 5 nitrogen and oxygen atoms in total. The Hall–Kier alpha value is -2.90. The van der Waals surface area contributed by atoms with E-state index < -0.39 is 11.7 Å². The molecule has 2 rings (SSSR count). The van der Waals surface area contributed by atoms with Crippen LogP contribution in [0.2, 0.25) is 0 Å². The molecule has 1 unspecified atom stereocenters. The first kappa shape index (κ1) is 22.4. The number of phenols is 1. The van der Waals surface area contributed by atoms with Gasteiger partial charge in [-0.1, -0.05) is 18.2 Å². The van der Waals surface area contributed by atoms with Gasteiger partial charge in [-0.25, -0.2) is 0 Å². The van der Waals surface area contributed by atoms with Gasteiger partial charge in [0.2, 0.25) is 0 Å². The van der Waals surface area contributed by atoms with E-state index in [0.29, 0.717) is 36.8 Å². The fourth-order valence-electron chi connectivity index (χ4n) is 2.77. The lowest BCUT2D eigenvalue weighted by atomic mass is 10.1. The summed E-state index contributed by atoms with van der Waals surface area (Å²) < 4.78 is 43.9. The minimum Gasteiger partial charge on any atom is -0.504 e. The SMILES string of the molecule is CCNC(=NCCc1ccc(O)c(OC)c1)NC(C)c1cccc(C(F)(F)F)c1. The lowest BCUT2D eigenvalue weighted by Gasteiger charge is -2.19. The maximum absolute atomic E-state index is 12.9. The summed E-state index contributed by atoms with van der Waals surface area (Å²) in [6.45, 7) is 4.77. The lowest BCUT2D eigenvalue weighted by molar-refractivity contribution is -0.137. The fraction of sp³-hybridized carbons (Fsp3) is 0.381. The molecule has 0 aliphatic carbocycles. The summed E-state index contributed by atoms with van der Waals surface area (Å²) in [6, 6.07) is 10.00. The molecule has 2 aromatic carbocycles. The average molecular weight is 409 g/mol. The first-order valence-electron chi connectivity index (χ1n) is 9.32. The number of hydrogen-bond donors (Lipinski definition) is 3. The highest BCUT2D eigenvalue weighted by atomic mass is 19.4. The van der Waals surface area contributed by atoms with Gasteiger partial charge in [-0.05, 0) is 55.7 Å². The maximum atomic E-state index is 12.9. The number of hydrogen-bond acceptors (Lipinski definition) is 3. The molecule has 0 aromatic heterocycles. The van der Waals surface area contributed by atoms with Crippen LogP contribution in [0.1, 0.15) is 36.6 Å². The van der Waals surface area contributed by atoms with Gasteiger partial charge in [-0.3, -0.25) is 4.99 Å². The van der Waals surface area contributed by atoms with Crippen molar-refractivity contribution in [3.63, 3.8) is 0 Å². The number of aromatic hydroxyl groups is 1. The van der Waals surface area contributed by atoms with Crippen LogP contribution < -0.4 is 15.4 Å². The lowest BCUT2D eigenvalue weighted by Crippen LogP contribution is -2.39. The molecule has 0 amide bonds. The molecular weight excluding hydrogens is 383 g/mol. The summed E-state index contributed by atoms with van der Waals surface area (Å²) >= 11 is 0. The Bertz CT molecular complexity index is 838. The molecule has 0 heterocycles. The van der Waals surface area contributed by atoms with E-state index in [1.54, 1.807) is 31.2 Å². The predicted octanol–water partition coefficient (Wildman–Crippen LogP) is 4.28. The monoisotopic (exact) mass is 409 g/mol. The van der Waals surface area contributed by atoms with Crippen LogP contribution in [0.15, 0.2) is 47.5 Å². The van der Waals surface area contributed by atoms with Crippen molar-refractivity contribution in [1.82, 2.24) is 10.6 Å². The molecule has 0 radical (unpaired) electrons. The molecule has 0 saturated heterocycles. The van der Waals surface area contributed by atoms with Crippen LogP contribution in [-0.2, 0) is 12.6 Å². The number of phenolic OH excluding ortho intramolecular Hbond substituents is 1. The van der Waals surface area contributed by atoms with E-state index in [4.69, 9.17) is 4.74 Å².